The number of hydrogen-bond acceptors (Lipinski definition) is 7. The molecule has 2 N–H and O–H groups in total. The molecule has 0 unspecified atom stereocenters. The first-order valence-electron chi connectivity index (χ1n) is 9.35. The van der Waals surface area contributed by atoms with Crippen LogP contribution in [0.3, 0.4) is 0 Å². The average molecular weight is 441 g/mol. The molecule has 1 aliphatic rings. The van der Waals surface area contributed by atoms with Gasteiger partial charge in [0.25, 0.3) is 11.6 Å². The van der Waals surface area contributed by atoms with E-state index < -0.39 is 28.9 Å². The third-order valence-corrected chi connectivity index (χ3v) is 4.60. The van der Waals surface area contributed by atoms with Crippen molar-refractivity contribution in [2.75, 3.05) is 7.11 Å². The van der Waals surface area contributed by atoms with Crippen molar-refractivity contribution in [3.05, 3.63) is 69.4 Å². The van der Waals surface area contributed by atoms with E-state index in [0.29, 0.717) is 11.1 Å². The SMILES string of the molecule is COc1cc(/C=C2\NC(=O)N(Cc3ccc([N+](=O)[O-])cc3)C2=O)ccc1O[C@H](C)C(=O)O. The van der Waals surface area contributed by atoms with Gasteiger partial charge in [-0.05, 0) is 36.3 Å². The Morgan fingerprint density at radius 3 is 2.50 bits per heavy atom. The number of amides is 3. The van der Waals surface area contributed by atoms with E-state index in [0.717, 1.165) is 4.90 Å². The lowest BCUT2D eigenvalue weighted by Crippen LogP contribution is -2.30. The molecule has 0 spiro atoms. The van der Waals surface area contributed by atoms with Crippen LogP contribution in [0, 0.1) is 10.1 Å². The number of urea groups is 1. The number of carbonyl (C=O) groups is 3. The zero-order valence-electron chi connectivity index (χ0n) is 17.1. The quantitative estimate of drug-likeness (QED) is 0.275. The number of carbonyl (C=O) groups excluding carboxylic acids is 2. The molecule has 1 heterocycles. The number of rotatable bonds is 8. The standard InChI is InChI=1S/C21H19N3O8/c1-12(20(26)27)32-17-8-5-14(10-18(17)31-2)9-16-19(25)23(21(28)22-16)11-13-3-6-15(7-4-13)24(29)30/h3-10,12H,11H2,1-2H3,(H,22,28)(H,26,27)/b16-9-/t12-/m1/s1. The van der Waals surface area contributed by atoms with Gasteiger partial charge in [-0.3, -0.25) is 19.8 Å². The van der Waals surface area contributed by atoms with Crippen LogP contribution in [0.15, 0.2) is 48.2 Å². The van der Waals surface area contributed by atoms with Gasteiger partial charge in [-0.15, -0.1) is 0 Å². The molecule has 32 heavy (non-hydrogen) atoms. The van der Waals surface area contributed by atoms with Crippen molar-refractivity contribution in [1.29, 1.82) is 0 Å². The molecular weight excluding hydrogens is 422 g/mol. The number of ether oxygens (including phenoxy) is 2. The summed E-state index contributed by atoms with van der Waals surface area (Å²) in [6.07, 6.45) is 0.361. The number of carboxylic acids is 1. The van der Waals surface area contributed by atoms with Crippen molar-refractivity contribution in [1.82, 2.24) is 10.2 Å². The molecule has 1 saturated heterocycles. The summed E-state index contributed by atoms with van der Waals surface area (Å²) < 4.78 is 10.6. The number of non-ortho nitro benzene ring substituents is 1. The van der Waals surface area contributed by atoms with Crippen molar-refractivity contribution >= 4 is 29.7 Å². The molecule has 1 aliphatic heterocycles. The summed E-state index contributed by atoms with van der Waals surface area (Å²) in [6, 6.07) is 9.54. The number of nitrogens with one attached hydrogen (secondary N) is 1. The average Bonchev–Trinajstić information content (AvgIpc) is 3.02. The topological polar surface area (TPSA) is 148 Å². The molecule has 0 aliphatic carbocycles. The fourth-order valence-electron chi connectivity index (χ4n) is 2.90. The molecule has 0 aromatic heterocycles. The number of imide groups is 1. The Morgan fingerprint density at radius 1 is 1.22 bits per heavy atom. The van der Waals surface area contributed by atoms with Crippen LogP contribution in [0.25, 0.3) is 6.08 Å². The number of aliphatic carboxylic acids is 1. The van der Waals surface area contributed by atoms with Gasteiger partial charge in [0.05, 0.1) is 18.6 Å². The zero-order chi connectivity index (χ0) is 23.4. The number of nitro benzene ring substituents is 1. The van der Waals surface area contributed by atoms with Gasteiger partial charge in [0.1, 0.15) is 5.70 Å². The number of hydrogen-bond donors (Lipinski definition) is 2. The second kappa shape index (κ2) is 9.16. The molecule has 0 saturated carbocycles. The molecule has 11 heteroatoms. The van der Waals surface area contributed by atoms with Crippen molar-refractivity contribution in [3.63, 3.8) is 0 Å². The summed E-state index contributed by atoms with van der Waals surface area (Å²) in [5.41, 5.74) is 1.01. The molecule has 2 aromatic carbocycles. The highest BCUT2D eigenvalue weighted by Crippen LogP contribution is 2.30. The van der Waals surface area contributed by atoms with E-state index in [2.05, 4.69) is 5.32 Å². The molecule has 3 amide bonds. The summed E-state index contributed by atoms with van der Waals surface area (Å²) in [5.74, 6) is -1.23. The summed E-state index contributed by atoms with van der Waals surface area (Å²) in [4.78, 5) is 47.1. The highest BCUT2D eigenvalue weighted by atomic mass is 16.6. The lowest BCUT2D eigenvalue weighted by atomic mass is 10.1. The van der Waals surface area contributed by atoms with Crippen LogP contribution in [0.2, 0.25) is 0 Å². The van der Waals surface area contributed by atoms with Gasteiger partial charge in [-0.25, -0.2) is 9.59 Å². The van der Waals surface area contributed by atoms with Gasteiger partial charge in [0.2, 0.25) is 0 Å². The van der Waals surface area contributed by atoms with Gasteiger partial charge in [-0.2, -0.15) is 0 Å². The monoisotopic (exact) mass is 441 g/mol. The molecule has 11 nitrogen and oxygen atoms in total. The number of nitrogens with zero attached hydrogens (tertiary/aromatic N) is 2. The fourth-order valence-corrected chi connectivity index (χ4v) is 2.90. The number of benzene rings is 2. The fraction of sp³-hybridized carbons (Fsp3) is 0.190. The number of nitro groups is 1. The number of carboxylic acid groups (broad SMARTS) is 1. The van der Waals surface area contributed by atoms with E-state index in [1.807, 2.05) is 0 Å². The van der Waals surface area contributed by atoms with Gasteiger partial charge in [0, 0.05) is 12.1 Å². The highest BCUT2D eigenvalue weighted by molar-refractivity contribution is 6.13. The van der Waals surface area contributed by atoms with Gasteiger partial charge < -0.3 is 19.9 Å². The highest BCUT2D eigenvalue weighted by Gasteiger charge is 2.33. The zero-order valence-corrected chi connectivity index (χ0v) is 17.1. The molecule has 0 radical (unpaired) electrons. The van der Waals surface area contributed by atoms with E-state index in [1.165, 1.54) is 56.5 Å². The Bertz CT molecular complexity index is 1110. The Hall–Kier alpha value is -4.41. The second-order valence-electron chi connectivity index (χ2n) is 6.81. The maximum absolute atomic E-state index is 12.7. The van der Waals surface area contributed by atoms with Gasteiger partial charge >= 0.3 is 12.0 Å². The van der Waals surface area contributed by atoms with Crippen LogP contribution < -0.4 is 14.8 Å². The van der Waals surface area contributed by atoms with Crippen molar-refractivity contribution in [2.45, 2.75) is 19.6 Å². The first-order valence-corrected chi connectivity index (χ1v) is 9.35. The Labute approximate surface area is 182 Å². The van der Waals surface area contributed by atoms with Crippen LogP contribution in [0.5, 0.6) is 11.5 Å². The minimum atomic E-state index is -1.13. The van der Waals surface area contributed by atoms with Gasteiger partial charge in [0.15, 0.2) is 17.6 Å². The summed E-state index contributed by atoms with van der Waals surface area (Å²) in [7, 11) is 1.39. The first-order chi connectivity index (χ1) is 15.2. The van der Waals surface area contributed by atoms with Crippen LogP contribution >= 0.6 is 0 Å². The van der Waals surface area contributed by atoms with E-state index in [1.54, 1.807) is 6.07 Å². The Balaban J connectivity index is 1.77. The third-order valence-electron chi connectivity index (χ3n) is 4.60. The van der Waals surface area contributed by atoms with Crippen LogP contribution in [0.4, 0.5) is 10.5 Å². The summed E-state index contributed by atoms with van der Waals surface area (Å²) >= 11 is 0. The first kappa shape index (κ1) is 22.3. The van der Waals surface area contributed by atoms with Gasteiger partial charge in [-0.1, -0.05) is 18.2 Å². The molecule has 1 atom stereocenters. The third kappa shape index (κ3) is 4.83. The molecule has 0 bridgehead atoms. The second-order valence-corrected chi connectivity index (χ2v) is 6.81. The van der Waals surface area contributed by atoms with E-state index in [-0.39, 0.29) is 29.4 Å². The molecule has 3 rings (SSSR count). The predicted molar refractivity (Wildman–Crippen MR) is 111 cm³/mol. The molecule has 2 aromatic rings. The number of methoxy groups -OCH3 is 1. The van der Waals surface area contributed by atoms with E-state index in [9.17, 15) is 24.5 Å². The lowest BCUT2D eigenvalue weighted by Gasteiger charge is -2.14. The van der Waals surface area contributed by atoms with Crippen LogP contribution in [-0.2, 0) is 16.1 Å². The molecule has 166 valence electrons. The normalized spacial score (nSPS) is 15.4. The summed E-state index contributed by atoms with van der Waals surface area (Å²) in [6.45, 7) is 1.33. The largest absolute Gasteiger partial charge is 0.493 e. The van der Waals surface area contributed by atoms with Crippen LogP contribution in [-0.4, -0.2) is 46.1 Å². The Morgan fingerprint density at radius 2 is 1.91 bits per heavy atom. The maximum Gasteiger partial charge on any atom is 0.344 e. The van der Waals surface area contributed by atoms with Crippen molar-refractivity contribution in [2.24, 2.45) is 0 Å². The van der Waals surface area contributed by atoms with Crippen molar-refractivity contribution in [3.8, 4) is 11.5 Å². The smallest absolute Gasteiger partial charge is 0.344 e. The summed E-state index contributed by atoms with van der Waals surface area (Å²) in [5, 5.41) is 22.2. The molecular formula is C21H19N3O8. The minimum Gasteiger partial charge on any atom is -0.493 e. The van der Waals surface area contributed by atoms with Crippen molar-refractivity contribution < 1.29 is 33.9 Å². The predicted octanol–water partition coefficient (Wildman–Crippen LogP) is 2.55. The maximum atomic E-state index is 12.7. The minimum absolute atomic E-state index is 0.0338. The lowest BCUT2D eigenvalue weighted by molar-refractivity contribution is -0.384. The van der Waals surface area contributed by atoms with E-state index in [4.69, 9.17) is 14.6 Å². The molecule has 1 fully saturated rings. The Kier molecular flexibility index (Phi) is 6.38. The van der Waals surface area contributed by atoms with Crippen LogP contribution in [0.1, 0.15) is 18.1 Å². The van der Waals surface area contributed by atoms with E-state index >= 15 is 0 Å².